The van der Waals surface area contributed by atoms with E-state index in [-0.39, 0.29) is 0 Å². The highest BCUT2D eigenvalue weighted by Crippen LogP contribution is 2.09. The van der Waals surface area contributed by atoms with Gasteiger partial charge in [0.05, 0.1) is 12.7 Å². The fourth-order valence-corrected chi connectivity index (χ4v) is 3.26. The van der Waals surface area contributed by atoms with Gasteiger partial charge in [-0.1, -0.05) is 6.92 Å². The van der Waals surface area contributed by atoms with Gasteiger partial charge in [0.25, 0.3) is 0 Å². The van der Waals surface area contributed by atoms with Gasteiger partial charge in [-0.2, -0.15) is 0 Å². The van der Waals surface area contributed by atoms with Crippen molar-refractivity contribution >= 4 is 11.6 Å². The lowest BCUT2D eigenvalue weighted by atomic mass is 10.2. The van der Waals surface area contributed by atoms with Crippen molar-refractivity contribution in [2.75, 3.05) is 71.4 Å². The van der Waals surface area contributed by atoms with E-state index in [1.54, 1.807) is 0 Å². The average molecular weight is 290 g/mol. The molecule has 2 fully saturated rings. The predicted molar refractivity (Wildman–Crippen MR) is 80.1 cm³/mol. The quantitative estimate of drug-likeness (QED) is 0.702. The summed E-state index contributed by atoms with van der Waals surface area (Å²) in [4.78, 5) is 7.54. The van der Waals surface area contributed by atoms with Crippen LogP contribution >= 0.6 is 11.6 Å². The Hall–Kier alpha value is 0.130. The number of rotatable bonds is 5. The number of alkyl halides is 1. The van der Waals surface area contributed by atoms with Crippen molar-refractivity contribution in [2.45, 2.75) is 19.4 Å². The standard InChI is InChI=1S/C14H28ClN3O/c1-2-16-10-11-19-14(12-16)13-18-6-3-5-17(7-4-15)8-9-18/h14H,2-13H2,1H3. The van der Waals surface area contributed by atoms with Gasteiger partial charge in [0.1, 0.15) is 0 Å². The summed E-state index contributed by atoms with van der Waals surface area (Å²) in [5.74, 6) is 0.747. The second-order valence-corrected chi connectivity index (χ2v) is 5.95. The highest BCUT2D eigenvalue weighted by atomic mass is 35.5. The van der Waals surface area contributed by atoms with Gasteiger partial charge in [-0.15, -0.1) is 11.6 Å². The molecule has 2 heterocycles. The normalized spacial score (nSPS) is 28.4. The fourth-order valence-electron chi connectivity index (χ4n) is 3.02. The molecule has 2 aliphatic heterocycles. The zero-order valence-corrected chi connectivity index (χ0v) is 12.9. The number of nitrogens with zero attached hydrogens (tertiary/aromatic N) is 3. The molecule has 0 spiro atoms. The van der Waals surface area contributed by atoms with Crippen LogP contribution in [0.25, 0.3) is 0 Å². The minimum absolute atomic E-state index is 0.397. The highest BCUT2D eigenvalue weighted by molar-refractivity contribution is 6.18. The van der Waals surface area contributed by atoms with Crippen molar-refractivity contribution in [3.63, 3.8) is 0 Å². The summed E-state index contributed by atoms with van der Waals surface area (Å²) in [6.07, 6.45) is 1.65. The molecular weight excluding hydrogens is 262 g/mol. The molecule has 0 saturated carbocycles. The SMILES string of the molecule is CCN1CCOC(CN2CCCN(CCCl)CC2)C1. The maximum Gasteiger partial charge on any atom is 0.0829 e. The first-order valence-electron chi connectivity index (χ1n) is 7.66. The maximum atomic E-state index is 5.91. The van der Waals surface area contributed by atoms with Crippen molar-refractivity contribution in [3.05, 3.63) is 0 Å². The Kier molecular flexibility index (Phi) is 6.88. The van der Waals surface area contributed by atoms with Gasteiger partial charge in [-0.25, -0.2) is 0 Å². The van der Waals surface area contributed by atoms with Crippen LogP contribution in [0.3, 0.4) is 0 Å². The van der Waals surface area contributed by atoms with Gasteiger partial charge in [0.2, 0.25) is 0 Å². The monoisotopic (exact) mass is 289 g/mol. The number of morpholine rings is 1. The molecule has 1 unspecified atom stereocenters. The minimum atomic E-state index is 0.397. The molecule has 4 nitrogen and oxygen atoms in total. The van der Waals surface area contributed by atoms with Crippen LogP contribution in [0.1, 0.15) is 13.3 Å². The van der Waals surface area contributed by atoms with Crippen LogP contribution in [0.15, 0.2) is 0 Å². The van der Waals surface area contributed by atoms with Gasteiger partial charge >= 0.3 is 0 Å². The minimum Gasteiger partial charge on any atom is -0.374 e. The van der Waals surface area contributed by atoms with E-state index in [9.17, 15) is 0 Å². The molecule has 2 saturated heterocycles. The Balaban J connectivity index is 1.73. The van der Waals surface area contributed by atoms with Gasteiger partial charge in [-0.3, -0.25) is 9.80 Å². The van der Waals surface area contributed by atoms with Crippen molar-refractivity contribution < 1.29 is 4.74 Å². The summed E-state index contributed by atoms with van der Waals surface area (Å²) in [6.45, 7) is 13.3. The Morgan fingerprint density at radius 2 is 1.84 bits per heavy atom. The summed E-state index contributed by atoms with van der Waals surface area (Å²) in [5, 5.41) is 0. The molecule has 1 atom stereocenters. The molecule has 2 rings (SSSR count). The number of hydrogen-bond donors (Lipinski definition) is 0. The highest BCUT2D eigenvalue weighted by Gasteiger charge is 2.23. The number of hydrogen-bond acceptors (Lipinski definition) is 4. The molecule has 0 aliphatic carbocycles. The molecule has 0 aromatic heterocycles. The Labute approximate surface area is 122 Å². The first kappa shape index (κ1) is 15.5. The number of likely N-dealkylation sites (N-methyl/N-ethyl adjacent to an activating group) is 1. The van der Waals surface area contributed by atoms with Crippen LogP contribution in [0.2, 0.25) is 0 Å². The number of halogens is 1. The van der Waals surface area contributed by atoms with E-state index in [1.807, 2.05) is 0 Å². The van der Waals surface area contributed by atoms with Gasteiger partial charge in [0.15, 0.2) is 0 Å². The van der Waals surface area contributed by atoms with Crippen LogP contribution < -0.4 is 0 Å². The second-order valence-electron chi connectivity index (χ2n) is 5.57. The first-order valence-corrected chi connectivity index (χ1v) is 8.20. The summed E-state index contributed by atoms with van der Waals surface area (Å²) < 4.78 is 5.91. The molecular formula is C14H28ClN3O. The largest absolute Gasteiger partial charge is 0.374 e. The summed E-state index contributed by atoms with van der Waals surface area (Å²) in [7, 11) is 0. The van der Waals surface area contributed by atoms with E-state index in [2.05, 4.69) is 21.6 Å². The number of ether oxygens (including phenoxy) is 1. The summed E-state index contributed by atoms with van der Waals surface area (Å²) in [6, 6.07) is 0. The lowest BCUT2D eigenvalue weighted by molar-refractivity contribution is -0.0413. The summed E-state index contributed by atoms with van der Waals surface area (Å²) >= 11 is 5.83. The molecule has 0 N–H and O–H groups in total. The molecule has 112 valence electrons. The van der Waals surface area contributed by atoms with Crippen LogP contribution in [-0.2, 0) is 4.74 Å². The molecule has 2 aliphatic rings. The zero-order valence-electron chi connectivity index (χ0n) is 12.2. The topological polar surface area (TPSA) is 19.0 Å². The van der Waals surface area contributed by atoms with Crippen LogP contribution in [0.4, 0.5) is 0 Å². The third kappa shape index (κ3) is 5.20. The first-order chi connectivity index (χ1) is 9.31. The summed E-state index contributed by atoms with van der Waals surface area (Å²) in [5.41, 5.74) is 0. The van der Waals surface area contributed by atoms with E-state index in [4.69, 9.17) is 16.3 Å². The third-order valence-corrected chi connectivity index (χ3v) is 4.38. The Morgan fingerprint density at radius 1 is 1.05 bits per heavy atom. The second kappa shape index (κ2) is 8.42. The van der Waals surface area contributed by atoms with Gasteiger partial charge in [-0.05, 0) is 26.1 Å². The lowest BCUT2D eigenvalue weighted by Gasteiger charge is -2.35. The molecule has 0 amide bonds. The van der Waals surface area contributed by atoms with Crippen molar-refractivity contribution in [1.29, 1.82) is 0 Å². The zero-order chi connectivity index (χ0) is 13.5. The van der Waals surface area contributed by atoms with E-state index < -0.39 is 0 Å². The Morgan fingerprint density at radius 3 is 2.63 bits per heavy atom. The maximum absolute atomic E-state index is 5.91. The van der Waals surface area contributed by atoms with Crippen LogP contribution in [-0.4, -0.2) is 92.2 Å². The molecule has 0 aromatic rings. The Bertz CT molecular complexity index is 255. The average Bonchev–Trinajstić information content (AvgIpc) is 2.65. The van der Waals surface area contributed by atoms with Gasteiger partial charge in [0, 0.05) is 45.1 Å². The van der Waals surface area contributed by atoms with Crippen LogP contribution in [0, 0.1) is 0 Å². The van der Waals surface area contributed by atoms with Crippen LogP contribution in [0.5, 0.6) is 0 Å². The van der Waals surface area contributed by atoms with Crippen molar-refractivity contribution in [3.8, 4) is 0 Å². The molecule has 5 heteroatoms. The van der Waals surface area contributed by atoms with E-state index in [0.717, 1.165) is 58.3 Å². The molecule has 0 bridgehead atoms. The van der Waals surface area contributed by atoms with E-state index in [0.29, 0.717) is 6.10 Å². The lowest BCUT2D eigenvalue weighted by Crippen LogP contribution is -2.48. The van der Waals surface area contributed by atoms with Crippen molar-refractivity contribution in [1.82, 2.24) is 14.7 Å². The van der Waals surface area contributed by atoms with Crippen molar-refractivity contribution in [2.24, 2.45) is 0 Å². The van der Waals surface area contributed by atoms with E-state index >= 15 is 0 Å². The molecule has 0 radical (unpaired) electrons. The van der Waals surface area contributed by atoms with E-state index in [1.165, 1.54) is 19.5 Å². The third-order valence-electron chi connectivity index (χ3n) is 4.21. The predicted octanol–water partition coefficient (Wildman–Crippen LogP) is 0.954. The molecule has 19 heavy (non-hydrogen) atoms. The van der Waals surface area contributed by atoms with Gasteiger partial charge < -0.3 is 9.64 Å². The molecule has 0 aromatic carbocycles. The fraction of sp³-hybridized carbons (Fsp3) is 1.00. The smallest absolute Gasteiger partial charge is 0.0829 e.